The molecule has 0 radical (unpaired) electrons. The van der Waals surface area contributed by atoms with E-state index in [1.54, 1.807) is 18.4 Å². The van der Waals surface area contributed by atoms with E-state index in [1.807, 2.05) is 0 Å². The first-order valence-electron chi connectivity index (χ1n) is 7.40. The van der Waals surface area contributed by atoms with Gasteiger partial charge in [-0.1, -0.05) is 30.7 Å². The molecule has 0 N–H and O–H groups in total. The summed E-state index contributed by atoms with van der Waals surface area (Å²) in [5.74, 6) is 5.24. The Morgan fingerprint density at radius 3 is 2.65 bits per heavy atom. The molecule has 3 aliphatic carbocycles. The van der Waals surface area contributed by atoms with E-state index in [1.165, 1.54) is 24.8 Å². The predicted octanol–water partition coefficient (Wildman–Crippen LogP) is 4.53. The van der Waals surface area contributed by atoms with Gasteiger partial charge in [0.15, 0.2) is 0 Å². The van der Waals surface area contributed by atoms with Gasteiger partial charge in [-0.15, -0.1) is 0 Å². The summed E-state index contributed by atoms with van der Waals surface area (Å²) in [7, 11) is 0. The quantitative estimate of drug-likeness (QED) is 0.659. The largest absolute Gasteiger partial charge is 0.0620 e. The topological polar surface area (TPSA) is 0 Å². The highest BCUT2D eigenvalue weighted by molar-refractivity contribution is 5.32. The van der Waals surface area contributed by atoms with Gasteiger partial charge in [-0.2, -0.15) is 0 Å². The lowest BCUT2D eigenvalue weighted by atomic mass is 9.72. The highest BCUT2D eigenvalue weighted by atomic mass is 14.6. The molecule has 3 saturated carbocycles. The monoisotopic (exact) mass is 226 g/mol. The summed E-state index contributed by atoms with van der Waals surface area (Å²) >= 11 is 0. The van der Waals surface area contributed by atoms with Crippen LogP contribution in [0, 0.1) is 30.6 Å². The molecule has 0 spiro atoms. The summed E-state index contributed by atoms with van der Waals surface area (Å²) in [4.78, 5) is 0. The molecule has 3 aliphatic rings. The van der Waals surface area contributed by atoms with Crippen molar-refractivity contribution in [2.24, 2.45) is 23.7 Å². The number of fused-ring (bicyclic) bond motifs is 5. The molecule has 5 atom stereocenters. The molecular weight excluding hydrogens is 204 g/mol. The maximum absolute atomic E-state index is 2.39. The molecule has 3 fully saturated rings. The second kappa shape index (κ2) is 3.60. The molecule has 0 saturated heterocycles. The smallest absolute Gasteiger partial charge is 0.0125 e. The molecule has 0 heterocycles. The third-order valence-corrected chi connectivity index (χ3v) is 6.02. The van der Waals surface area contributed by atoms with Crippen LogP contribution >= 0.6 is 0 Å². The number of hydrogen-bond donors (Lipinski definition) is 0. The normalized spacial score (nSPS) is 43.0. The molecule has 0 aromatic heterocycles. The molecule has 0 aliphatic heterocycles. The van der Waals surface area contributed by atoms with Crippen LogP contribution < -0.4 is 0 Å². The number of aryl methyl sites for hydroxylation is 1. The van der Waals surface area contributed by atoms with E-state index in [4.69, 9.17) is 0 Å². The number of hydrogen-bond acceptors (Lipinski definition) is 0. The maximum Gasteiger partial charge on any atom is -0.0125 e. The molecule has 90 valence electrons. The second-order valence-corrected chi connectivity index (χ2v) is 6.62. The minimum Gasteiger partial charge on any atom is -0.0620 e. The van der Waals surface area contributed by atoms with Crippen LogP contribution in [0.25, 0.3) is 0 Å². The highest BCUT2D eigenvalue weighted by Crippen LogP contribution is 2.63. The van der Waals surface area contributed by atoms with Gasteiger partial charge in [0.25, 0.3) is 0 Å². The van der Waals surface area contributed by atoms with Gasteiger partial charge in [0.1, 0.15) is 0 Å². The summed E-state index contributed by atoms with van der Waals surface area (Å²) in [6.07, 6.45) is 7.65. The number of benzene rings is 1. The van der Waals surface area contributed by atoms with E-state index >= 15 is 0 Å². The first-order valence-corrected chi connectivity index (χ1v) is 7.40. The van der Waals surface area contributed by atoms with Gasteiger partial charge in [-0.05, 0) is 73.3 Å². The van der Waals surface area contributed by atoms with Crippen molar-refractivity contribution in [1.29, 1.82) is 0 Å². The van der Waals surface area contributed by atoms with Gasteiger partial charge >= 0.3 is 0 Å². The van der Waals surface area contributed by atoms with E-state index in [0.29, 0.717) is 0 Å². The van der Waals surface area contributed by atoms with Crippen molar-refractivity contribution in [3.05, 3.63) is 35.4 Å². The minimum absolute atomic E-state index is 0.903. The average Bonchev–Trinajstić information content (AvgIpc) is 3.01. The average molecular weight is 226 g/mol. The Balaban J connectivity index is 1.68. The lowest BCUT2D eigenvalue weighted by molar-refractivity contribution is 0.232. The molecule has 17 heavy (non-hydrogen) atoms. The van der Waals surface area contributed by atoms with Gasteiger partial charge in [0, 0.05) is 0 Å². The summed E-state index contributed by atoms with van der Waals surface area (Å²) < 4.78 is 0. The van der Waals surface area contributed by atoms with Gasteiger partial charge in [-0.3, -0.25) is 0 Å². The highest BCUT2D eigenvalue weighted by Gasteiger charge is 2.53. The standard InChI is InChI=1S/C17H22/c1-11-5-2-3-6-13(11)16-9-12-10-17(16)15-8-4-7-14(12)15/h2-3,5-6,12,14-17H,4,7-10H2,1H3. The molecule has 1 aromatic carbocycles. The molecule has 4 rings (SSSR count). The van der Waals surface area contributed by atoms with Crippen LogP contribution in [0.1, 0.15) is 49.1 Å². The fourth-order valence-electron chi connectivity index (χ4n) is 5.43. The zero-order valence-electron chi connectivity index (χ0n) is 10.7. The van der Waals surface area contributed by atoms with Crippen molar-refractivity contribution in [3.8, 4) is 0 Å². The molecule has 2 bridgehead atoms. The molecule has 5 unspecified atom stereocenters. The SMILES string of the molecule is Cc1ccccc1C1CC2CC1C1CCCC21. The summed E-state index contributed by atoms with van der Waals surface area (Å²) in [6, 6.07) is 9.11. The lowest BCUT2D eigenvalue weighted by Crippen LogP contribution is -2.23. The Morgan fingerprint density at radius 2 is 1.76 bits per heavy atom. The van der Waals surface area contributed by atoms with Crippen molar-refractivity contribution in [2.45, 2.75) is 44.9 Å². The fraction of sp³-hybridized carbons (Fsp3) is 0.647. The van der Waals surface area contributed by atoms with Gasteiger partial charge in [0.05, 0.1) is 0 Å². The van der Waals surface area contributed by atoms with Crippen LogP contribution in [-0.4, -0.2) is 0 Å². The van der Waals surface area contributed by atoms with Crippen molar-refractivity contribution < 1.29 is 0 Å². The van der Waals surface area contributed by atoms with Crippen molar-refractivity contribution in [2.75, 3.05) is 0 Å². The van der Waals surface area contributed by atoms with E-state index in [0.717, 1.165) is 29.6 Å². The minimum atomic E-state index is 0.903. The van der Waals surface area contributed by atoms with Gasteiger partial charge in [-0.25, -0.2) is 0 Å². The van der Waals surface area contributed by atoms with Crippen LogP contribution in [-0.2, 0) is 0 Å². The van der Waals surface area contributed by atoms with Crippen molar-refractivity contribution in [1.82, 2.24) is 0 Å². The van der Waals surface area contributed by atoms with Crippen molar-refractivity contribution in [3.63, 3.8) is 0 Å². The first kappa shape index (κ1) is 10.2. The molecule has 0 nitrogen and oxygen atoms in total. The Labute approximate surface area is 104 Å². The number of rotatable bonds is 1. The summed E-state index contributed by atoms with van der Waals surface area (Å²) in [5, 5.41) is 0. The van der Waals surface area contributed by atoms with Crippen LogP contribution in [0.15, 0.2) is 24.3 Å². The summed E-state index contributed by atoms with van der Waals surface area (Å²) in [6.45, 7) is 2.30. The van der Waals surface area contributed by atoms with Gasteiger partial charge < -0.3 is 0 Å². The van der Waals surface area contributed by atoms with Crippen molar-refractivity contribution >= 4 is 0 Å². The Hall–Kier alpha value is -0.780. The Morgan fingerprint density at radius 1 is 0.941 bits per heavy atom. The van der Waals surface area contributed by atoms with Crippen LogP contribution in [0.4, 0.5) is 0 Å². The maximum atomic E-state index is 2.39. The van der Waals surface area contributed by atoms with E-state index in [9.17, 15) is 0 Å². The zero-order chi connectivity index (χ0) is 11.4. The lowest BCUT2D eigenvalue weighted by Gasteiger charge is -2.32. The first-order chi connectivity index (χ1) is 8.34. The Kier molecular flexibility index (Phi) is 2.16. The van der Waals surface area contributed by atoms with E-state index in [2.05, 4.69) is 31.2 Å². The zero-order valence-corrected chi connectivity index (χ0v) is 10.7. The second-order valence-electron chi connectivity index (χ2n) is 6.62. The predicted molar refractivity (Wildman–Crippen MR) is 71.0 cm³/mol. The molecule has 1 aromatic rings. The molecule has 0 amide bonds. The van der Waals surface area contributed by atoms with Crippen LogP contribution in [0.5, 0.6) is 0 Å². The fourth-order valence-corrected chi connectivity index (χ4v) is 5.43. The Bertz CT molecular complexity index is 433. The van der Waals surface area contributed by atoms with E-state index < -0.39 is 0 Å². The molecule has 0 heteroatoms. The van der Waals surface area contributed by atoms with Gasteiger partial charge in [0.2, 0.25) is 0 Å². The van der Waals surface area contributed by atoms with Crippen LogP contribution in [0.2, 0.25) is 0 Å². The molecular formula is C17H22. The third-order valence-electron chi connectivity index (χ3n) is 6.02. The van der Waals surface area contributed by atoms with E-state index in [-0.39, 0.29) is 0 Å². The summed E-state index contributed by atoms with van der Waals surface area (Å²) in [5.41, 5.74) is 3.20. The third kappa shape index (κ3) is 1.36. The van der Waals surface area contributed by atoms with Crippen LogP contribution in [0.3, 0.4) is 0 Å².